The topological polar surface area (TPSA) is 85.7 Å². The monoisotopic (exact) mass is 490 g/mol. The molecule has 0 radical (unpaired) electrons. The van der Waals surface area contributed by atoms with Crippen LogP contribution in [-0.4, -0.2) is 53.6 Å². The maximum atomic E-state index is 13.1. The minimum absolute atomic E-state index is 0.00932. The van der Waals surface area contributed by atoms with Gasteiger partial charge in [-0.2, -0.15) is 0 Å². The number of anilines is 1. The van der Waals surface area contributed by atoms with Gasteiger partial charge in [0.2, 0.25) is 17.8 Å². The van der Waals surface area contributed by atoms with Crippen molar-refractivity contribution in [1.29, 1.82) is 0 Å². The second kappa shape index (κ2) is 11.3. The molecule has 1 aliphatic rings. The second-order valence-electron chi connectivity index (χ2n) is 9.61. The van der Waals surface area contributed by atoms with Crippen LogP contribution in [0.15, 0.2) is 54.7 Å². The Bertz CT molecular complexity index is 1180. The van der Waals surface area contributed by atoms with Gasteiger partial charge in [-0.05, 0) is 73.2 Å². The fraction of sp³-hybridized carbons (Fsp3) is 0.393. The predicted octanol–water partition coefficient (Wildman–Crippen LogP) is 4.78. The van der Waals surface area contributed by atoms with E-state index in [1.807, 2.05) is 73.1 Å². The van der Waals surface area contributed by atoms with Crippen molar-refractivity contribution in [2.45, 2.75) is 33.1 Å². The first-order valence-corrected chi connectivity index (χ1v) is 12.3. The van der Waals surface area contributed by atoms with Crippen LogP contribution in [0.2, 0.25) is 0 Å². The number of benzene rings is 2. The Balaban J connectivity index is 1.59. The van der Waals surface area contributed by atoms with E-state index in [4.69, 9.17) is 14.5 Å². The van der Waals surface area contributed by atoms with Crippen molar-refractivity contribution in [1.82, 2.24) is 14.5 Å². The van der Waals surface area contributed by atoms with Gasteiger partial charge < -0.3 is 14.4 Å². The van der Waals surface area contributed by atoms with Crippen LogP contribution >= 0.6 is 0 Å². The van der Waals surface area contributed by atoms with Crippen LogP contribution in [0.5, 0.6) is 11.5 Å². The van der Waals surface area contributed by atoms with Gasteiger partial charge in [0, 0.05) is 30.4 Å². The predicted molar refractivity (Wildman–Crippen MR) is 139 cm³/mol. The molecule has 0 spiro atoms. The summed E-state index contributed by atoms with van der Waals surface area (Å²) < 4.78 is 12.4. The number of amides is 2. The number of ether oxygens (including phenoxy) is 2. The van der Waals surface area contributed by atoms with Gasteiger partial charge in [0.05, 0.1) is 26.5 Å². The zero-order chi connectivity index (χ0) is 25.7. The summed E-state index contributed by atoms with van der Waals surface area (Å²) in [4.78, 5) is 32.3. The van der Waals surface area contributed by atoms with E-state index in [1.54, 1.807) is 19.1 Å². The van der Waals surface area contributed by atoms with Crippen molar-refractivity contribution >= 4 is 17.8 Å². The van der Waals surface area contributed by atoms with Crippen molar-refractivity contribution in [2.75, 3.05) is 32.6 Å². The van der Waals surface area contributed by atoms with Crippen LogP contribution in [0.3, 0.4) is 0 Å². The van der Waals surface area contributed by atoms with Crippen LogP contribution < -0.4 is 14.8 Å². The van der Waals surface area contributed by atoms with E-state index in [-0.39, 0.29) is 24.3 Å². The van der Waals surface area contributed by atoms with Gasteiger partial charge in [-0.3, -0.25) is 19.5 Å². The number of hydrogen-bond acceptors (Lipinski definition) is 5. The summed E-state index contributed by atoms with van der Waals surface area (Å²) in [7, 11) is 3.24. The summed E-state index contributed by atoms with van der Waals surface area (Å²) in [6, 6.07) is 15.1. The third-order valence-corrected chi connectivity index (χ3v) is 6.14. The molecule has 4 rings (SSSR count). The highest BCUT2D eigenvalue weighted by Gasteiger charge is 2.28. The van der Waals surface area contributed by atoms with Crippen molar-refractivity contribution in [2.24, 2.45) is 11.8 Å². The molecular formula is C28H34N4O4. The number of nitrogens with one attached hydrogen (secondary N) is 1. The maximum Gasteiger partial charge on any atom is 0.246 e. The third-order valence-electron chi connectivity index (χ3n) is 6.14. The first kappa shape index (κ1) is 25.3. The first-order chi connectivity index (χ1) is 17.4. The fourth-order valence-electron chi connectivity index (χ4n) is 3.99. The number of methoxy groups -OCH3 is 2. The maximum absolute atomic E-state index is 13.1. The summed E-state index contributed by atoms with van der Waals surface area (Å²) in [5.41, 5.74) is 2.42. The van der Waals surface area contributed by atoms with E-state index in [0.29, 0.717) is 30.5 Å². The molecule has 0 unspecified atom stereocenters. The Hall–Kier alpha value is -3.81. The van der Waals surface area contributed by atoms with Crippen molar-refractivity contribution < 1.29 is 19.1 Å². The number of nitrogens with zero attached hydrogens (tertiary/aromatic N) is 3. The molecule has 1 heterocycles. The Morgan fingerprint density at radius 2 is 1.64 bits per heavy atom. The Morgan fingerprint density at radius 1 is 1.03 bits per heavy atom. The molecule has 0 bridgehead atoms. The standard InChI is InChI=1S/C28H34N4O4/c1-19(2)15-27(34)31(16-20-5-6-20)18-26(33)30-28-29-25(21-7-11-23(35-3)12-8-21)17-32(28)22-9-13-24(36-4)14-10-22/h7-14,17,19-20H,5-6,15-16,18H2,1-4H3,(H,29,30,33). The van der Waals surface area contributed by atoms with Gasteiger partial charge in [0.1, 0.15) is 11.5 Å². The summed E-state index contributed by atoms with van der Waals surface area (Å²) in [5.74, 6) is 2.36. The molecule has 36 heavy (non-hydrogen) atoms. The molecule has 0 aliphatic heterocycles. The van der Waals surface area contributed by atoms with Crippen molar-refractivity contribution in [3.05, 3.63) is 54.7 Å². The van der Waals surface area contributed by atoms with E-state index >= 15 is 0 Å². The second-order valence-corrected chi connectivity index (χ2v) is 9.61. The fourth-order valence-corrected chi connectivity index (χ4v) is 3.99. The lowest BCUT2D eigenvalue weighted by atomic mass is 10.1. The van der Waals surface area contributed by atoms with Gasteiger partial charge >= 0.3 is 0 Å². The molecule has 2 aromatic carbocycles. The van der Waals surface area contributed by atoms with Crippen LogP contribution in [0.25, 0.3) is 16.9 Å². The van der Waals surface area contributed by atoms with Crippen molar-refractivity contribution in [3.63, 3.8) is 0 Å². The van der Waals surface area contributed by atoms with Gasteiger partial charge in [0.15, 0.2) is 0 Å². The third kappa shape index (κ3) is 6.44. The molecule has 2 amide bonds. The number of rotatable bonds is 11. The highest BCUT2D eigenvalue weighted by Crippen LogP contribution is 2.30. The minimum Gasteiger partial charge on any atom is -0.497 e. The number of imidazole rings is 1. The summed E-state index contributed by atoms with van der Waals surface area (Å²) >= 11 is 0. The lowest BCUT2D eigenvalue weighted by Gasteiger charge is -2.23. The molecule has 1 aromatic heterocycles. The van der Waals surface area contributed by atoms with Crippen LogP contribution in [0, 0.1) is 11.8 Å². The van der Waals surface area contributed by atoms with E-state index < -0.39 is 0 Å². The number of aromatic nitrogens is 2. The normalized spacial score (nSPS) is 12.9. The highest BCUT2D eigenvalue weighted by atomic mass is 16.5. The summed E-state index contributed by atoms with van der Waals surface area (Å²) in [6.45, 7) is 4.66. The molecule has 0 atom stereocenters. The molecule has 8 heteroatoms. The Labute approximate surface area is 212 Å². The lowest BCUT2D eigenvalue weighted by molar-refractivity contribution is -0.135. The largest absolute Gasteiger partial charge is 0.497 e. The Morgan fingerprint density at radius 3 is 2.19 bits per heavy atom. The lowest BCUT2D eigenvalue weighted by Crippen LogP contribution is -2.40. The zero-order valence-electron chi connectivity index (χ0n) is 21.4. The molecule has 1 fully saturated rings. The summed E-state index contributed by atoms with van der Waals surface area (Å²) in [5, 5.41) is 2.95. The van der Waals surface area contributed by atoms with E-state index in [1.165, 1.54) is 0 Å². The van der Waals surface area contributed by atoms with Crippen molar-refractivity contribution in [3.8, 4) is 28.4 Å². The van der Waals surface area contributed by atoms with Gasteiger partial charge in [-0.25, -0.2) is 4.98 Å². The van der Waals surface area contributed by atoms with Crippen LogP contribution in [0.1, 0.15) is 33.1 Å². The smallest absolute Gasteiger partial charge is 0.246 e. The average Bonchev–Trinajstić information content (AvgIpc) is 3.60. The van der Waals surface area contributed by atoms with Crippen LogP contribution in [0.4, 0.5) is 5.95 Å². The SMILES string of the molecule is COc1ccc(-c2cn(-c3ccc(OC)cc3)c(NC(=O)CN(CC3CC3)C(=O)CC(C)C)n2)cc1. The van der Waals surface area contributed by atoms with E-state index in [9.17, 15) is 9.59 Å². The molecule has 1 N–H and O–H groups in total. The molecule has 1 aliphatic carbocycles. The zero-order valence-corrected chi connectivity index (χ0v) is 21.4. The molecular weight excluding hydrogens is 456 g/mol. The number of carbonyl (C=O) groups excluding carboxylic acids is 2. The van der Waals surface area contributed by atoms with Gasteiger partial charge in [0.25, 0.3) is 0 Å². The van der Waals surface area contributed by atoms with E-state index in [0.717, 1.165) is 35.6 Å². The molecule has 0 saturated heterocycles. The quantitative estimate of drug-likeness (QED) is 0.418. The summed E-state index contributed by atoms with van der Waals surface area (Å²) in [6.07, 6.45) is 4.54. The first-order valence-electron chi connectivity index (χ1n) is 12.3. The number of carbonyl (C=O) groups is 2. The van der Waals surface area contributed by atoms with Crippen LogP contribution in [-0.2, 0) is 9.59 Å². The molecule has 1 saturated carbocycles. The molecule has 3 aromatic rings. The van der Waals surface area contributed by atoms with Gasteiger partial charge in [-0.15, -0.1) is 0 Å². The number of hydrogen-bond donors (Lipinski definition) is 1. The molecule has 8 nitrogen and oxygen atoms in total. The van der Waals surface area contributed by atoms with E-state index in [2.05, 4.69) is 5.32 Å². The van der Waals surface area contributed by atoms with Gasteiger partial charge in [-0.1, -0.05) is 13.8 Å². The molecule has 190 valence electrons. The Kier molecular flexibility index (Phi) is 7.93. The minimum atomic E-state index is -0.269. The average molecular weight is 491 g/mol. The highest BCUT2D eigenvalue weighted by molar-refractivity contribution is 5.94.